The van der Waals surface area contributed by atoms with Gasteiger partial charge in [0.15, 0.2) is 0 Å². The van der Waals surface area contributed by atoms with Gasteiger partial charge >= 0.3 is 6.16 Å². The van der Waals surface area contributed by atoms with Crippen molar-refractivity contribution < 1.29 is 14.3 Å². The third-order valence-electron chi connectivity index (χ3n) is 5.66. The Bertz CT molecular complexity index is 462. The summed E-state index contributed by atoms with van der Waals surface area (Å²) in [6.07, 6.45) is 9.11. The number of allylic oxidation sites excluding steroid dienone is 2. The third kappa shape index (κ3) is 5.05. The molecule has 0 N–H and O–H groups in total. The van der Waals surface area contributed by atoms with Crippen LogP contribution in [0.5, 0.6) is 0 Å². The van der Waals surface area contributed by atoms with E-state index in [9.17, 15) is 9.70 Å². The average Bonchev–Trinajstić information content (AvgIpc) is 2.54. The van der Waals surface area contributed by atoms with Gasteiger partial charge in [-0.2, -0.15) is 4.91 Å². The van der Waals surface area contributed by atoms with Gasteiger partial charge in [0, 0.05) is 5.41 Å². The lowest BCUT2D eigenvalue weighted by Gasteiger charge is -2.37. The quantitative estimate of drug-likeness (QED) is 0.384. The van der Waals surface area contributed by atoms with Crippen LogP contribution in [0.4, 0.5) is 4.79 Å². The van der Waals surface area contributed by atoms with Gasteiger partial charge in [0.25, 0.3) is 0 Å². The number of hydrogen-bond donors (Lipinski definition) is 0. The van der Waals surface area contributed by atoms with E-state index in [4.69, 9.17) is 9.47 Å². The van der Waals surface area contributed by atoms with Crippen molar-refractivity contribution in [3.05, 3.63) is 17.1 Å². The zero-order valence-electron chi connectivity index (χ0n) is 15.2. The van der Waals surface area contributed by atoms with E-state index in [0.29, 0.717) is 17.8 Å². The van der Waals surface area contributed by atoms with Gasteiger partial charge in [-0.25, -0.2) is 4.79 Å². The summed E-state index contributed by atoms with van der Waals surface area (Å²) in [6.45, 7) is 6.95. The third-order valence-corrected chi connectivity index (χ3v) is 5.66. The summed E-state index contributed by atoms with van der Waals surface area (Å²) in [6, 6.07) is 0. The van der Waals surface area contributed by atoms with Crippen LogP contribution < -0.4 is 0 Å². The molecule has 0 bridgehead atoms. The highest BCUT2D eigenvalue weighted by Gasteiger charge is 2.36. The summed E-state index contributed by atoms with van der Waals surface area (Å²) in [5.41, 5.74) is -0.354. The van der Waals surface area contributed by atoms with Crippen molar-refractivity contribution in [2.24, 2.45) is 28.3 Å². The number of rotatable bonds is 6. The molecule has 1 saturated carbocycles. The molecule has 5 nitrogen and oxygen atoms in total. The van der Waals surface area contributed by atoms with Crippen LogP contribution in [0.2, 0.25) is 0 Å². The Hall–Kier alpha value is -1.39. The van der Waals surface area contributed by atoms with Gasteiger partial charge in [0.05, 0.1) is 6.54 Å². The van der Waals surface area contributed by atoms with Crippen molar-refractivity contribution >= 4 is 6.16 Å². The van der Waals surface area contributed by atoms with Crippen LogP contribution in [0.25, 0.3) is 0 Å². The van der Waals surface area contributed by atoms with E-state index in [1.54, 1.807) is 0 Å². The van der Waals surface area contributed by atoms with Crippen molar-refractivity contribution in [1.82, 2.24) is 0 Å². The van der Waals surface area contributed by atoms with Crippen LogP contribution in [0, 0.1) is 28.1 Å². The maximum Gasteiger partial charge on any atom is 0.508 e. The molecule has 0 aromatic carbocycles. The summed E-state index contributed by atoms with van der Waals surface area (Å²) in [7, 11) is 0. The summed E-state index contributed by atoms with van der Waals surface area (Å²) in [5.74, 6) is 1.47. The summed E-state index contributed by atoms with van der Waals surface area (Å²) in [4.78, 5) is 23.0. The molecule has 0 spiro atoms. The Labute approximate surface area is 145 Å². The van der Waals surface area contributed by atoms with Crippen molar-refractivity contribution in [1.29, 1.82) is 0 Å². The fourth-order valence-corrected chi connectivity index (χ4v) is 4.02. The topological polar surface area (TPSA) is 65.0 Å². The Morgan fingerprint density at radius 1 is 1.33 bits per heavy atom. The second-order valence-electron chi connectivity index (χ2n) is 8.02. The van der Waals surface area contributed by atoms with Gasteiger partial charge in [-0.15, -0.1) is 0 Å². The molecule has 4 atom stereocenters. The van der Waals surface area contributed by atoms with E-state index in [-0.39, 0.29) is 24.7 Å². The van der Waals surface area contributed by atoms with Gasteiger partial charge < -0.3 is 9.47 Å². The van der Waals surface area contributed by atoms with E-state index >= 15 is 0 Å². The first kappa shape index (κ1) is 18.9. The van der Waals surface area contributed by atoms with Crippen molar-refractivity contribution in [3.8, 4) is 0 Å². The Morgan fingerprint density at radius 2 is 2.12 bits per heavy atom. The van der Waals surface area contributed by atoms with Gasteiger partial charge in [-0.1, -0.05) is 44.5 Å². The predicted octanol–water partition coefficient (Wildman–Crippen LogP) is 5.09. The smallest absolute Gasteiger partial charge is 0.434 e. The van der Waals surface area contributed by atoms with Crippen LogP contribution in [-0.2, 0) is 9.47 Å². The lowest BCUT2D eigenvalue weighted by atomic mass is 9.75. The fourth-order valence-electron chi connectivity index (χ4n) is 4.02. The minimum atomic E-state index is -0.598. The van der Waals surface area contributed by atoms with Gasteiger partial charge in [-0.05, 0) is 49.9 Å². The van der Waals surface area contributed by atoms with Crippen LogP contribution in [0.3, 0.4) is 0 Å². The average molecular weight is 337 g/mol. The first-order valence-corrected chi connectivity index (χ1v) is 9.23. The molecule has 1 fully saturated rings. The molecule has 0 aromatic rings. The molecule has 0 radical (unpaired) electrons. The van der Waals surface area contributed by atoms with Gasteiger partial charge in [0.1, 0.15) is 12.7 Å². The number of carbonyl (C=O) groups is 1. The van der Waals surface area contributed by atoms with Crippen LogP contribution in [-0.4, -0.2) is 25.4 Å². The molecule has 0 amide bonds. The standard InChI is InChI=1S/C19H31NO4/c1-14(2)16-8-7-15(3)11-17(16)24-18(21)23-13-19(12-20-22)9-5-4-6-10-19/h4-5,14-17H,6-13H2,1-3H3. The molecular formula is C19H31NO4. The Kier molecular flexibility index (Phi) is 6.81. The second-order valence-corrected chi connectivity index (χ2v) is 8.02. The number of ether oxygens (including phenoxy) is 2. The first-order chi connectivity index (χ1) is 11.5. The Balaban J connectivity index is 1.89. The highest BCUT2D eigenvalue weighted by molar-refractivity contribution is 5.60. The molecule has 0 aromatic heterocycles. The minimum Gasteiger partial charge on any atom is -0.434 e. The van der Waals surface area contributed by atoms with E-state index in [1.807, 2.05) is 6.08 Å². The highest BCUT2D eigenvalue weighted by Crippen LogP contribution is 2.36. The molecule has 4 unspecified atom stereocenters. The number of nitroso groups, excluding NO2 is 1. The molecule has 136 valence electrons. The zero-order valence-corrected chi connectivity index (χ0v) is 15.2. The van der Waals surface area contributed by atoms with Gasteiger partial charge in [0.2, 0.25) is 0 Å². The lowest BCUT2D eigenvalue weighted by Crippen LogP contribution is -2.37. The normalized spacial score (nSPS) is 33.2. The SMILES string of the molecule is CC1CCC(C(C)C)C(OC(=O)OCC2(CN=O)CC=CCC2)C1. The molecule has 2 rings (SSSR count). The molecule has 0 heterocycles. The predicted molar refractivity (Wildman–Crippen MR) is 93.7 cm³/mol. The zero-order chi connectivity index (χ0) is 17.6. The maximum absolute atomic E-state index is 12.2. The minimum absolute atomic E-state index is 0.0624. The second kappa shape index (κ2) is 8.63. The van der Waals surface area contributed by atoms with Crippen LogP contribution >= 0.6 is 0 Å². The number of carbonyl (C=O) groups excluding carboxylic acids is 1. The summed E-state index contributed by atoms with van der Waals surface area (Å²) in [5, 5.41) is 3.05. The summed E-state index contributed by atoms with van der Waals surface area (Å²) < 4.78 is 11.1. The molecule has 2 aliphatic carbocycles. The van der Waals surface area contributed by atoms with E-state index < -0.39 is 6.16 Å². The number of hydrogen-bond acceptors (Lipinski definition) is 5. The van der Waals surface area contributed by atoms with Crippen molar-refractivity contribution in [2.75, 3.05) is 13.2 Å². The molecule has 5 heteroatoms. The molecule has 0 aliphatic heterocycles. The summed E-state index contributed by atoms with van der Waals surface area (Å²) >= 11 is 0. The van der Waals surface area contributed by atoms with E-state index in [2.05, 4.69) is 32.0 Å². The largest absolute Gasteiger partial charge is 0.508 e. The highest BCUT2D eigenvalue weighted by atomic mass is 16.7. The fraction of sp³-hybridized carbons (Fsp3) is 0.842. The van der Waals surface area contributed by atoms with Crippen LogP contribution in [0.1, 0.15) is 59.3 Å². The molecule has 24 heavy (non-hydrogen) atoms. The number of nitrogens with zero attached hydrogens (tertiary/aromatic N) is 1. The van der Waals surface area contributed by atoms with Crippen LogP contribution in [0.15, 0.2) is 17.3 Å². The first-order valence-electron chi connectivity index (χ1n) is 9.23. The van der Waals surface area contributed by atoms with E-state index in [0.717, 1.165) is 32.1 Å². The lowest BCUT2D eigenvalue weighted by molar-refractivity contribution is -0.0437. The molecule has 2 aliphatic rings. The Morgan fingerprint density at radius 3 is 2.75 bits per heavy atom. The van der Waals surface area contributed by atoms with Gasteiger partial charge in [-0.3, -0.25) is 0 Å². The molecular weight excluding hydrogens is 306 g/mol. The monoisotopic (exact) mass is 337 g/mol. The van der Waals surface area contributed by atoms with Crippen molar-refractivity contribution in [2.45, 2.75) is 65.4 Å². The van der Waals surface area contributed by atoms with E-state index in [1.165, 1.54) is 6.42 Å². The van der Waals surface area contributed by atoms with Crippen molar-refractivity contribution in [3.63, 3.8) is 0 Å². The maximum atomic E-state index is 12.2. The molecule has 0 saturated heterocycles.